The summed E-state index contributed by atoms with van der Waals surface area (Å²) in [6, 6.07) is 6.24. The van der Waals surface area contributed by atoms with Crippen LogP contribution in [-0.4, -0.2) is 22.4 Å². The van der Waals surface area contributed by atoms with Gasteiger partial charge in [-0.25, -0.2) is 0 Å². The minimum Gasteiger partial charge on any atom is -0.366 e. The monoisotopic (exact) mass is 195 g/mol. The van der Waals surface area contributed by atoms with E-state index in [4.69, 9.17) is 9.84 Å². The van der Waals surface area contributed by atoms with Crippen molar-refractivity contribution in [1.82, 2.24) is 0 Å². The van der Waals surface area contributed by atoms with Gasteiger partial charge in [0.05, 0.1) is 4.92 Å². The van der Waals surface area contributed by atoms with Crippen LogP contribution in [-0.2, 0) is 11.2 Å². The molecule has 1 fully saturated rings. The van der Waals surface area contributed by atoms with Gasteiger partial charge in [0.25, 0.3) is 5.69 Å². The first-order chi connectivity index (χ1) is 6.66. The maximum absolute atomic E-state index is 10.3. The molecule has 1 aromatic carbocycles. The van der Waals surface area contributed by atoms with Crippen molar-refractivity contribution < 1.29 is 14.8 Å². The standard InChI is InChI=1S/C9H9NO4/c11-9-8(14-9)5-6-1-3-7(4-2-6)10(12)13/h1-4,8-9,11H,5H2. The normalized spacial score (nSPS) is 24.6. The van der Waals surface area contributed by atoms with Gasteiger partial charge in [-0.3, -0.25) is 10.1 Å². The van der Waals surface area contributed by atoms with Gasteiger partial charge in [-0.05, 0) is 5.56 Å². The third kappa shape index (κ3) is 1.89. The molecule has 74 valence electrons. The number of rotatable bonds is 3. The number of benzene rings is 1. The Morgan fingerprint density at radius 2 is 2.00 bits per heavy atom. The van der Waals surface area contributed by atoms with Gasteiger partial charge in [-0.2, -0.15) is 0 Å². The van der Waals surface area contributed by atoms with Gasteiger partial charge in [0.1, 0.15) is 6.10 Å². The van der Waals surface area contributed by atoms with E-state index < -0.39 is 11.2 Å². The van der Waals surface area contributed by atoms with Gasteiger partial charge in [0.2, 0.25) is 0 Å². The summed E-state index contributed by atoms with van der Waals surface area (Å²) in [7, 11) is 0. The predicted molar refractivity (Wildman–Crippen MR) is 47.7 cm³/mol. The number of ether oxygens (including phenoxy) is 1. The number of epoxide rings is 1. The minimum atomic E-state index is -0.662. The van der Waals surface area contributed by atoms with E-state index in [2.05, 4.69) is 0 Å². The Morgan fingerprint density at radius 3 is 2.43 bits per heavy atom. The molecule has 1 aliphatic heterocycles. The summed E-state index contributed by atoms with van der Waals surface area (Å²) < 4.78 is 4.82. The highest BCUT2D eigenvalue weighted by Crippen LogP contribution is 2.24. The summed E-state index contributed by atoms with van der Waals surface area (Å²) in [5.41, 5.74) is 1.00. The van der Waals surface area contributed by atoms with E-state index in [0.29, 0.717) is 6.42 Å². The van der Waals surface area contributed by atoms with Crippen molar-refractivity contribution in [1.29, 1.82) is 0 Å². The number of aliphatic hydroxyl groups is 1. The molecular weight excluding hydrogens is 186 g/mol. The highest BCUT2D eigenvalue weighted by molar-refractivity contribution is 5.33. The largest absolute Gasteiger partial charge is 0.366 e. The van der Waals surface area contributed by atoms with Crippen LogP contribution in [0.2, 0.25) is 0 Å². The molecule has 0 aromatic heterocycles. The minimum absolute atomic E-state index is 0.0750. The van der Waals surface area contributed by atoms with Gasteiger partial charge in [0.15, 0.2) is 6.29 Å². The van der Waals surface area contributed by atoms with E-state index in [1.54, 1.807) is 12.1 Å². The predicted octanol–water partition coefficient (Wildman–Crippen LogP) is 0.854. The molecule has 1 heterocycles. The van der Waals surface area contributed by atoms with Crippen LogP contribution < -0.4 is 0 Å². The SMILES string of the molecule is O=[N+]([O-])c1ccc(CC2OC2O)cc1. The van der Waals surface area contributed by atoms with Gasteiger partial charge in [0, 0.05) is 18.6 Å². The maximum atomic E-state index is 10.3. The molecule has 5 heteroatoms. The van der Waals surface area contributed by atoms with Crippen LogP contribution in [0, 0.1) is 10.1 Å². The summed E-state index contributed by atoms with van der Waals surface area (Å²) in [5.74, 6) is 0. The number of hydrogen-bond acceptors (Lipinski definition) is 4. The van der Waals surface area contributed by atoms with Gasteiger partial charge >= 0.3 is 0 Å². The molecule has 0 radical (unpaired) electrons. The van der Waals surface area contributed by atoms with Crippen LogP contribution in [0.4, 0.5) is 5.69 Å². The van der Waals surface area contributed by atoms with Gasteiger partial charge < -0.3 is 9.84 Å². The topological polar surface area (TPSA) is 75.9 Å². The van der Waals surface area contributed by atoms with Crippen molar-refractivity contribution in [3.05, 3.63) is 39.9 Å². The Labute approximate surface area is 80.1 Å². The van der Waals surface area contributed by atoms with E-state index in [1.807, 2.05) is 0 Å². The molecule has 0 aliphatic carbocycles. The number of aliphatic hydroxyl groups excluding tert-OH is 1. The Balaban J connectivity index is 2.02. The van der Waals surface area contributed by atoms with Crippen LogP contribution >= 0.6 is 0 Å². The van der Waals surface area contributed by atoms with E-state index in [9.17, 15) is 10.1 Å². The van der Waals surface area contributed by atoms with Crippen molar-refractivity contribution in [2.75, 3.05) is 0 Å². The molecular formula is C9H9NO4. The quantitative estimate of drug-likeness (QED) is 0.440. The molecule has 0 amide bonds. The number of nitro groups is 1. The van der Waals surface area contributed by atoms with Crippen LogP contribution in [0.1, 0.15) is 5.56 Å². The third-order valence-electron chi connectivity index (χ3n) is 2.14. The second-order valence-corrected chi connectivity index (χ2v) is 3.19. The smallest absolute Gasteiger partial charge is 0.269 e. The van der Waals surface area contributed by atoms with E-state index in [0.717, 1.165) is 5.56 Å². The van der Waals surface area contributed by atoms with Gasteiger partial charge in [-0.15, -0.1) is 0 Å². The highest BCUT2D eigenvalue weighted by Gasteiger charge is 2.36. The summed E-state index contributed by atoms with van der Waals surface area (Å²) in [5, 5.41) is 19.2. The molecule has 5 nitrogen and oxygen atoms in total. The summed E-state index contributed by atoms with van der Waals surface area (Å²) >= 11 is 0. The fraction of sp³-hybridized carbons (Fsp3) is 0.333. The van der Waals surface area contributed by atoms with E-state index in [-0.39, 0.29) is 11.8 Å². The van der Waals surface area contributed by atoms with Crippen LogP contribution in [0.15, 0.2) is 24.3 Å². The van der Waals surface area contributed by atoms with E-state index in [1.165, 1.54) is 12.1 Å². The molecule has 14 heavy (non-hydrogen) atoms. The number of nitro benzene ring substituents is 1. The molecule has 2 rings (SSSR count). The lowest BCUT2D eigenvalue weighted by molar-refractivity contribution is -0.384. The summed E-state index contributed by atoms with van der Waals surface area (Å²) in [4.78, 5) is 9.90. The zero-order chi connectivity index (χ0) is 10.1. The second kappa shape index (κ2) is 3.36. The average Bonchev–Trinajstić information content (AvgIpc) is 2.82. The molecule has 2 unspecified atom stereocenters. The first kappa shape index (κ1) is 9.11. The molecule has 1 N–H and O–H groups in total. The Hall–Kier alpha value is -1.46. The molecule has 1 saturated heterocycles. The van der Waals surface area contributed by atoms with Crippen LogP contribution in [0.5, 0.6) is 0 Å². The lowest BCUT2D eigenvalue weighted by Crippen LogP contribution is -1.97. The maximum Gasteiger partial charge on any atom is 0.269 e. The van der Waals surface area contributed by atoms with Crippen molar-refractivity contribution in [3.63, 3.8) is 0 Å². The Bertz CT molecular complexity index is 348. The fourth-order valence-corrected chi connectivity index (χ4v) is 1.27. The fourth-order valence-electron chi connectivity index (χ4n) is 1.27. The Morgan fingerprint density at radius 1 is 1.43 bits per heavy atom. The van der Waals surface area contributed by atoms with E-state index >= 15 is 0 Å². The summed E-state index contributed by atoms with van der Waals surface area (Å²) in [6.45, 7) is 0. The highest BCUT2D eigenvalue weighted by atomic mass is 16.7. The third-order valence-corrected chi connectivity index (χ3v) is 2.14. The Kier molecular flexibility index (Phi) is 2.18. The van der Waals surface area contributed by atoms with Crippen molar-refractivity contribution >= 4 is 5.69 Å². The van der Waals surface area contributed by atoms with Crippen molar-refractivity contribution in [2.24, 2.45) is 0 Å². The molecule has 0 saturated carbocycles. The molecule has 0 spiro atoms. The lowest BCUT2D eigenvalue weighted by atomic mass is 10.1. The zero-order valence-electron chi connectivity index (χ0n) is 7.29. The average molecular weight is 195 g/mol. The zero-order valence-corrected chi connectivity index (χ0v) is 7.29. The first-order valence-electron chi connectivity index (χ1n) is 4.23. The lowest BCUT2D eigenvalue weighted by Gasteiger charge is -1.96. The van der Waals surface area contributed by atoms with Gasteiger partial charge in [-0.1, -0.05) is 12.1 Å². The molecule has 2 atom stereocenters. The number of non-ortho nitro benzene ring substituents is 1. The number of hydrogen-bond donors (Lipinski definition) is 1. The van der Waals surface area contributed by atoms with Crippen molar-refractivity contribution in [3.8, 4) is 0 Å². The van der Waals surface area contributed by atoms with Crippen LogP contribution in [0.3, 0.4) is 0 Å². The molecule has 1 aliphatic rings. The first-order valence-corrected chi connectivity index (χ1v) is 4.23. The van der Waals surface area contributed by atoms with Crippen LogP contribution in [0.25, 0.3) is 0 Å². The molecule has 1 aromatic rings. The summed E-state index contributed by atoms with van der Waals surface area (Å²) in [6.07, 6.45) is -0.208. The number of nitrogens with zero attached hydrogens (tertiary/aromatic N) is 1. The molecule has 0 bridgehead atoms. The second-order valence-electron chi connectivity index (χ2n) is 3.19. The van der Waals surface area contributed by atoms with Crippen molar-refractivity contribution in [2.45, 2.75) is 18.8 Å².